The lowest BCUT2D eigenvalue weighted by Gasteiger charge is -2.27. The third-order valence-corrected chi connectivity index (χ3v) is 10.2. The van der Waals surface area contributed by atoms with Crippen LogP contribution >= 0.6 is 11.3 Å². The number of hydrogen-bond acceptors (Lipinski definition) is 8. The highest BCUT2D eigenvalue weighted by molar-refractivity contribution is 7.91. The predicted octanol–water partition coefficient (Wildman–Crippen LogP) is 4.23. The van der Waals surface area contributed by atoms with E-state index in [0.717, 1.165) is 21.7 Å². The minimum absolute atomic E-state index is 0.0311. The van der Waals surface area contributed by atoms with E-state index in [-0.39, 0.29) is 34.9 Å². The van der Waals surface area contributed by atoms with Crippen LogP contribution in [0.4, 0.5) is 5.13 Å². The maximum Gasteiger partial charge on any atom is 0.230 e. The number of thiazole rings is 1. The molecule has 1 N–H and O–H groups in total. The van der Waals surface area contributed by atoms with Crippen LogP contribution in [0, 0.1) is 5.92 Å². The van der Waals surface area contributed by atoms with Crippen molar-refractivity contribution in [1.82, 2.24) is 9.88 Å². The van der Waals surface area contributed by atoms with Crippen LogP contribution in [0.25, 0.3) is 0 Å². The monoisotopic (exact) mass is 561 g/mol. The molecule has 3 aromatic rings. The summed E-state index contributed by atoms with van der Waals surface area (Å²) < 4.78 is 47.9. The summed E-state index contributed by atoms with van der Waals surface area (Å²) in [6, 6.07) is 13.5. The molecule has 0 saturated carbocycles. The summed E-state index contributed by atoms with van der Waals surface area (Å²) in [6.07, 6.45) is 1.33. The standard InChI is InChI=1S/C26H31N3O5S3/c1-5-37(33,34)20-11-9-18(10-12-20)14-23(30)27-26-28-24-22(35-26)16-29(25(24)17(2)3)15-19-7-6-8-21(13-19)36(4,31)32/h6-13,17,25H,5,14-16H2,1-4H3,(H,27,28,30). The molecule has 8 nitrogen and oxygen atoms in total. The highest BCUT2D eigenvalue weighted by Gasteiger charge is 2.36. The second kappa shape index (κ2) is 10.6. The van der Waals surface area contributed by atoms with E-state index in [0.29, 0.717) is 23.1 Å². The van der Waals surface area contributed by atoms with Gasteiger partial charge in [-0.1, -0.05) is 45.0 Å². The summed E-state index contributed by atoms with van der Waals surface area (Å²) in [5.41, 5.74) is 2.60. The van der Waals surface area contributed by atoms with Gasteiger partial charge in [0.1, 0.15) is 0 Å². The molecule has 2 heterocycles. The smallest absolute Gasteiger partial charge is 0.230 e. The maximum atomic E-state index is 12.7. The van der Waals surface area contributed by atoms with Gasteiger partial charge < -0.3 is 5.32 Å². The van der Waals surface area contributed by atoms with Gasteiger partial charge in [0, 0.05) is 24.2 Å². The number of amides is 1. The zero-order chi connectivity index (χ0) is 27.0. The van der Waals surface area contributed by atoms with Gasteiger partial charge in [-0.15, -0.1) is 11.3 Å². The maximum absolute atomic E-state index is 12.7. The Hall–Kier alpha value is -2.60. The second-order valence-electron chi connectivity index (χ2n) is 9.61. The first-order valence-electron chi connectivity index (χ1n) is 12.0. The van der Waals surface area contributed by atoms with E-state index < -0.39 is 19.7 Å². The molecule has 1 atom stereocenters. The summed E-state index contributed by atoms with van der Waals surface area (Å²) in [5.74, 6) is 0.0839. The molecule has 1 aliphatic rings. The average molecular weight is 562 g/mol. The number of carbonyl (C=O) groups excluding carboxylic acids is 1. The number of nitrogens with one attached hydrogen (secondary N) is 1. The Balaban J connectivity index is 1.44. The van der Waals surface area contributed by atoms with Gasteiger partial charge in [-0.25, -0.2) is 21.8 Å². The van der Waals surface area contributed by atoms with Crippen LogP contribution in [-0.2, 0) is 44.0 Å². The first-order valence-corrected chi connectivity index (χ1v) is 16.4. The number of fused-ring (bicyclic) bond motifs is 1. The summed E-state index contributed by atoms with van der Waals surface area (Å²) >= 11 is 1.45. The van der Waals surface area contributed by atoms with Gasteiger partial charge in [0.15, 0.2) is 24.8 Å². The molecule has 11 heteroatoms. The zero-order valence-electron chi connectivity index (χ0n) is 21.3. The number of benzene rings is 2. The Labute approximate surface area is 222 Å². The topological polar surface area (TPSA) is 114 Å². The van der Waals surface area contributed by atoms with Crippen molar-refractivity contribution >= 4 is 42.1 Å². The third kappa shape index (κ3) is 6.28. The average Bonchev–Trinajstić information content (AvgIpc) is 3.35. The van der Waals surface area contributed by atoms with Crippen LogP contribution in [0.2, 0.25) is 0 Å². The van der Waals surface area contributed by atoms with Gasteiger partial charge in [-0.3, -0.25) is 9.69 Å². The molecule has 0 radical (unpaired) electrons. The molecule has 0 spiro atoms. The number of anilines is 1. The number of aromatic nitrogens is 1. The van der Waals surface area contributed by atoms with Gasteiger partial charge >= 0.3 is 0 Å². The fourth-order valence-electron chi connectivity index (χ4n) is 4.55. The van der Waals surface area contributed by atoms with Crippen LogP contribution in [0.15, 0.2) is 58.3 Å². The SMILES string of the molecule is CCS(=O)(=O)c1ccc(CC(=O)Nc2nc3c(s2)CN(Cc2cccc(S(C)(=O)=O)c2)C3C(C)C)cc1. The van der Waals surface area contributed by atoms with Crippen molar-refractivity contribution in [2.24, 2.45) is 5.92 Å². The van der Waals surface area contributed by atoms with Crippen molar-refractivity contribution in [2.75, 3.05) is 17.3 Å². The molecule has 0 fully saturated rings. The summed E-state index contributed by atoms with van der Waals surface area (Å²) in [6.45, 7) is 7.11. The molecular formula is C26H31N3O5S3. The van der Waals surface area contributed by atoms with Gasteiger partial charge in [-0.2, -0.15) is 0 Å². The van der Waals surface area contributed by atoms with Gasteiger partial charge in [-0.05, 0) is 41.3 Å². The summed E-state index contributed by atoms with van der Waals surface area (Å²) in [4.78, 5) is 21.3. The number of hydrogen-bond donors (Lipinski definition) is 1. The third-order valence-electron chi connectivity index (χ3n) is 6.37. The van der Waals surface area contributed by atoms with E-state index in [2.05, 4.69) is 24.1 Å². The highest BCUT2D eigenvalue weighted by atomic mass is 32.2. The fourth-order valence-corrected chi connectivity index (χ4v) is 7.17. The largest absolute Gasteiger partial charge is 0.302 e. The Morgan fingerprint density at radius 1 is 1.08 bits per heavy atom. The zero-order valence-corrected chi connectivity index (χ0v) is 23.7. The van der Waals surface area contributed by atoms with Crippen LogP contribution in [0.1, 0.15) is 48.5 Å². The molecule has 1 aliphatic heterocycles. The normalized spacial score (nSPS) is 16.2. The van der Waals surface area contributed by atoms with E-state index in [9.17, 15) is 21.6 Å². The molecule has 4 rings (SSSR count). The fraction of sp³-hybridized carbons (Fsp3) is 0.385. The molecule has 1 unspecified atom stereocenters. The first-order chi connectivity index (χ1) is 17.4. The van der Waals surface area contributed by atoms with Gasteiger partial charge in [0.05, 0.1) is 33.7 Å². The molecule has 0 saturated heterocycles. The molecular weight excluding hydrogens is 531 g/mol. The number of sulfone groups is 2. The van der Waals surface area contributed by atoms with Crippen molar-refractivity contribution in [3.05, 3.63) is 70.2 Å². The number of nitrogens with zero attached hydrogens (tertiary/aromatic N) is 2. The molecule has 2 aromatic carbocycles. The molecule has 198 valence electrons. The summed E-state index contributed by atoms with van der Waals surface area (Å²) in [7, 11) is -6.55. The van der Waals surface area contributed by atoms with Crippen molar-refractivity contribution in [3.63, 3.8) is 0 Å². The van der Waals surface area contributed by atoms with Crippen molar-refractivity contribution in [1.29, 1.82) is 0 Å². The highest BCUT2D eigenvalue weighted by Crippen LogP contribution is 2.43. The minimum Gasteiger partial charge on any atom is -0.302 e. The molecule has 0 bridgehead atoms. The Bertz CT molecular complexity index is 1510. The van der Waals surface area contributed by atoms with Crippen LogP contribution < -0.4 is 5.32 Å². The van der Waals surface area contributed by atoms with Crippen LogP contribution in [-0.4, -0.2) is 44.6 Å². The molecule has 37 heavy (non-hydrogen) atoms. The predicted molar refractivity (Wildman–Crippen MR) is 145 cm³/mol. The quantitative estimate of drug-likeness (QED) is 0.416. The molecule has 1 amide bonds. The molecule has 1 aromatic heterocycles. The minimum atomic E-state index is -3.28. The molecule has 0 aliphatic carbocycles. The van der Waals surface area contributed by atoms with Crippen molar-refractivity contribution in [3.8, 4) is 0 Å². The van der Waals surface area contributed by atoms with E-state index in [1.807, 2.05) is 6.07 Å². The van der Waals surface area contributed by atoms with Crippen LogP contribution in [0.3, 0.4) is 0 Å². The Kier molecular flexibility index (Phi) is 7.89. The van der Waals surface area contributed by atoms with Gasteiger partial charge in [0.25, 0.3) is 0 Å². The van der Waals surface area contributed by atoms with E-state index in [1.54, 1.807) is 37.3 Å². The van der Waals surface area contributed by atoms with E-state index in [4.69, 9.17) is 4.98 Å². The first kappa shape index (κ1) is 27.4. The van der Waals surface area contributed by atoms with E-state index in [1.165, 1.54) is 29.7 Å². The van der Waals surface area contributed by atoms with E-state index >= 15 is 0 Å². The summed E-state index contributed by atoms with van der Waals surface area (Å²) in [5, 5.41) is 3.43. The van der Waals surface area contributed by atoms with Gasteiger partial charge in [0.2, 0.25) is 5.91 Å². The lowest BCUT2D eigenvalue weighted by Crippen LogP contribution is -2.26. The number of carbonyl (C=O) groups is 1. The van der Waals surface area contributed by atoms with Crippen molar-refractivity contribution in [2.45, 2.75) is 56.1 Å². The Morgan fingerprint density at radius 2 is 1.78 bits per heavy atom. The number of rotatable bonds is 9. The Morgan fingerprint density at radius 3 is 2.41 bits per heavy atom. The van der Waals surface area contributed by atoms with Crippen LogP contribution in [0.5, 0.6) is 0 Å². The lowest BCUT2D eigenvalue weighted by atomic mass is 10.0. The van der Waals surface area contributed by atoms with Crippen molar-refractivity contribution < 1.29 is 21.6 Å². The lowest BCUT2D eigenvalue weighted by molar-refractivity contribution is -0.115. The second-order valence-corrected chi connectivity index (χ2v) is 15.0.